The fourth-order valence-electron chi connectivity index (χ4n) is 3.45. The van der Waals surface area contributed by atoms with E-state index < -0.39 is 11.9 Å². The lowest BCUT2D eigenvalue weighted by molar-refractivity contribution is -0.141. The molecular weight excluding hydrogens is 279 g/mol. The fraction of sp³-hybridized carbons (Fsp3) is 0.667. The van der Waals surface area contributed by atoms with Gasteiger partial charge >= 0.3 is 6.18 Å². The Morgan fingerprint density at radius 3 is 2.57 bits per heavy atom. The van der Waals surface area contributed by atoms with Crippen molar-refractivity contribution >= 4 is 5.69 Å². The van der Waals surface area contributed by atoms with Crippen LogP contribution in [0.25, 0.3) is 0 Å². The molecule has 0 radical (unpaired) electrons. The predicted molar refractivity (Wildman–Crippen MR) is 75.2 cm³/mol. The van der Waals surface area contributed by atoms with Gasteiger partial charge < -0.3 is 10.2 Å². The first-order valence-corrected chi connectivity index (χ1v) is 7.55. The molecule has 2 aliphatic rings. The van der Waals surface area contributed by atoms with E-state index in [2.05, 4.69) is 10.3 Å². The van der Waals surface area contributed by atoms with Crippen molar-refractivity contribution in [1.82, 2.24) is 10.3 Å². The Kier molecular flexibility index (Phi) is 4.06. The van der Waals surface area contributed by atoms with Gasteiger partial charge in [0.05, 0.1) is 0 Å². The van der Waals surface area contributed by atoms with Crippen LogP contribution in [0.15, 0.2) is 18.3 Å². The van der Waals surface area contributed by atoms with Gasteiger partial charge in [-0.25, -0.2) is 0 Å². The molecule has 1 unspecified atom stereocenters. The number of pyridine rings is 1. The minimum atomic E-state index is -4.37. The Bertz CT molecular complexity index is 475. The minimum Gasteiger partial charge on any atom is -0.371 e. The highest BCUT2D eigenvalue weighted by molar-refractivity contribution is 5.47. The summed E-state index contributed by atoms with van der Waals surface area (Å²) in [6.07, 6.45) is 1.44. The summed E-state index contributed by atoms with van der Waals surface area (Å²) in [6.45, 7) is 2.75. The van der Waals surface area contributed by atoms with E-state index in [-0.39, 0.29) is 0 Å². The van der Waals surface area contributed by atoms with E-state index >= 15 is 0 Å². The molecule has 0 saturated carbocycles. The third-order valence-electron chi connectivity index (χ3n) is 4.61. The Labute approximate surface area is 122 Å². The van der Waals surface area contributed by atoms with Crippen LogP contribution in [-0.2, 0) is 6.18 Å². The van der Waals surface area contributed by atoms with Crippen molar-refractivity contribution in [3.8, 4) is 0 Å². The van der Waals surface area contributed by atoms with E-state index in [1.54, 1.807) is 6.07 Å². The normalized spacial score (nSPS) is 24.5. The highest BCUT2D eigenvalue weighted by Gasteiger charge is 2.33. The van der Waals surface area contributed by atoms with Crippen LogP contribution in [0.1, 0.15) is 31.4 Å². The summed E-state index contributed by atoms with van der Waals surface area (Å²) in [4.78, 5) is 5.47. The molecule has 1 atom stereocenters. The Hall–Kier alpha value is -1.30. The van der Waals surface area contributed by atoms with Crippen LogP contribution in [0.5, 0.6) is 0 Å². The first-order valence-electron chi connectivity index (χ1n) is 7.55. The number of nitrogens with one attached hydrogen (secondary N) is 1. The Morgan fingerprint density at radius 2 is 1.95 bits per heavy atom. The molecule has 3 nitrogen and oxygen atoms in total. The summed E-state index contributed by atoms with van der Waals surface area (Å²) < 4.78 is 38.1. The molecule has 6 heteroatoms. The van der Waals surface area contributed by atoms with Gasteiger partial charge in [-0.05, 0) is 50.3 Å². The van der Waals surface area contributed by atoms with Gasteiger partial charge in [0.1, 0.15) is 5.69 Å². The smallest absolute Gasteiger partial charge is 0.371 e. The molecule has 1 N–H and O–H groups in total. The first-order chi connectivity index (χ1) is 10.0. The lowest BCUT2D eigenvalue weighted by atomic mass is 9.88. The second-order valence-electron chi connectivity index (χ2n) is 5.92. The molecule has 0 bridgehead atoms. The van der Waals surface area contributed by atoms with Gasteiger partial charge in [-0.3, -0.25) is 4.98 Å². The summed E-state index contributed by atoms with van der Waals surface area (Å²) in [5, 5.41) is 3.53. The monoisotopic (exact) mass is 299 g/mol. The highest BCUT2D eigenvalue weighted by Crippen LogP contribution is 2.32. The van der Waals surface area contributed by atoms with Crippen molar-refractivity contribution in [2.24, 2.45) is 5.92 Å². The average molecular weight is 299 g/mol. The maximum Gasteiger partial charge on any atom is 0.433 e. The van der Waals surface area contributed by atoms with Crippen LogP contribution in [-0.4, -0.2) is 30.7 Å². The molecular formula is C15H20F3N3. The number of hydrogen-bond donors (Lipinski definition) is 1. The van der Waals surface area contributed by atoms with E-state index in [9.17, 15) is 13.2 Å². The van der Waals surface area contributed by atoms with Crippen molar-refractivity contribution < 1.29 is 13.2 Å². The molecule has 3 rings (SSSR count). The zero-order valence-electron chi connectivity index (χ0n) is 11.9. The molecule has 0 aliphatic carbocycles. The van der Waals surface area contributed by atoms with Crippen LogP contribution in [0.3, 0.4) is 0 Å². The number of alkyl halides is 3. The number of hydrogen-bond acceptors (Lipinski definition) is 3. The number of piperidine rings is 1. The zero-order chi connectivity index (χ0) is 14.9. The number of rotatable bonds is 2. The van der Waals surface area contributed by atoms with Gasteiger partial charge in [-0.15, -0.1) is 0 Å². The summed E-state index contributed by atoms with van der Waals surface area (Å²) in [7, 11) is 0. The average Bonchev–Trinajstić information content (AvgIpc) is 3.01. The zero-order valence-corrected chi connectivity index (χ0v) is 11.9. The minimum absolute atomic E-state index is 0.607. The first kappa shape index (κ1) is 14.6. The quantitative estimate of drug-likeness (QED) is 0.909. The Balaban J connectivity index is 1.64. The van der Waals surface area contributed by atoms with Crippen LogP contribution in [0.2, 0.25) is 0 Å². The van der Waals surface area contributed by atoms with Crippen LogP contribution in [0.4, 0.5) is 18.9 Å². The molecule has 2 aliphatic heterocycles. The maximum absolute atomic E-state index is 12.7. The molecule has 1 aromatic rings. The summed E-state index contributed by atoms with van der Waals surface area (Å²) in [6, 6.07) is 3.44. The van der Waals surface area contributed by atoms with Crippen LogP contribution >= 0.6 is 0 Å². The van der Waals surface area contributed by atoms with Gasteiger partial charge in [-0.2, -0.15) is 13.2 Å². The number of nitrogens with zero attached hydrogens (tertiary/aromatic N) is 2. The molecule has 3 heterocycles. The predicted octanol–water partition coefficient (Wildman–Crippen LogP) is 3.07. The SMILES string of the molecule is FC(F)(F)c1cc(N2CCC(C3CCCN3)CC2)ccn1. The fourth-order valence-corrected chi connectivity index (χ4v) is 3.45. The third-order valence-corrected chi connectivity index (χ3v) is 4.61. The topological polar surface area (TPSA) is 28.2 Å². The van der Waals surface area contributed by atoms with Crippen molar-refractivity contribution in [3.63, 3.8) is 0 Å². The Morgan fingerprint density at radius 1 is 1.19 bits per heavy atom. The molecule has 2 fully saturated rings. The summed E-state index contributed by atoms with van der Waals surface area (Å²) >= 11 is 0. The lowest BCUT2D eigenvalue weighted by Gasteiger charge is -2.36. The van der Waals surface area contributed by atoms with Gasteiger partial charge in [0.15, 0.2) is 0 Å². The van der Waals surface area contributed by atoms with Crippen LogP contribution < -0.4 is 10.2 Å². The van der Waals surface area contributed by atoms with Crippen molar-refractivity contribution in [1.29, 1.82) is 0 Å². The molecule has 0 aromatic carbocycles. The van der Waals surface area contributed by atoms with E-state index in [0.29, 0.717) is 17.6 Å². The van der Waals surface area contributed by atoms with Crippen molar-refractivity contribution in [2.45, 2.75) is 37.9 Å². The van der Waals surface area contributed by atoms with Crippen LogP contribution in [0, 0.1) is 5.92 Å². The van der Waals surface area contributed by atoms with Gasteiger partial charge in [0.25, 0.3) is 0 Å². The van der Waals surface area contributed by atoms with Gasteiger partial charge in [-0.1, -0.05) is 0 Å². The lowest BCUT2D eigenvalue weighted by Crippen LogP contribution is -2.41. The third kappa shape index (κ3) is 3.31. The molecule has 0 amide bonds. The second kappa shape index (κ2) is 5.83. The standard InChI is InChI=1S/C15H20F3N3/c16-15(17,18)14-10-12(3-7-20-14)21-8-4-11(5-9-21)13-2-1-6-19-13/h3,7,10-11,13,19H,1-2,4-6,8-9H2. The van der Waals surface area contributed by atoms with E-state index in [4.69, 9.17) is 0 Å². The molecule has 116 valence electrons. The second-order valence-corrected chi connectivity index (χ2v) is 5.92. The summed E-state index contributed by atoms with van der Waals surface area (Å²) in [5.41, 5.74) is -0.172. The summed E-state index contributed by atoms with van der Waals surface area (Å²) in [5.74, 6) is 0.660. The number of halogens is 3. The molecule has 0 spiro atoms. The maximum atomic E-state index is 12.7. The van der Waals surface area contributed by atoms with E-state index in [1.807, 2.05) is 4.90 Å². The van der Waals surface area contributed by atoms with Crippen molar-refractivity contribution in [2.75, 3.05) is 24.5 Å². The van der Waals surface area contributed by atoms with Crippen molar-refractivity contribution in [3.05, 3.63) is 24.0 Å². The molecule has 21 heavy (non-hydrogen) atoms. The largest absolute Gasteiger partial charge is 0.433 e. The van der Waals surface area contributed by atoms with E-state index in [0.717, 1.165) is 38.5 Å². The van der Waals surface area contributed by atoms with Gasteiger partial charge in [0.2, 0.25) is 0 Å². The number of anilines is 1. The van der Waals surface area contributed by atoms with E-state index in [1.165, 1.54) is 19.0 Å². The number of aromatic nitrogens is 1. The highest BCUT2D eigenvalue weighted by atomic mass is 19.4. The molecule has 2 saturated heterocycles. The molecule has 1 aromatic heterocycles. The van der Waals surface area contributed by atoms with Gasteiger partial charge in [0, 0.05) is 31.0 Å².